The molecule has 2 aliphatic rings. The van der Waals surface area contributed by atoms with E-state index in [1.54, 1.807) is 17.0 Å². The Kier molecular flexibility index (Phi) is 10.1. The van der Waals surface area contributed by atoms with Gasteiger partial charge in [0, 0.05) is 57.5 Å². The highest BCUT2D eigenvalue weighted by molar-refractivity contribution is 5.89. The van der Waals surface area contributed by atoms with Gasteiger partial charge in [0.15, 0.2) is 0 Å². The number of hydrogen-bond acceptors (Lipinski definition) is 6. The van der Waals surface area contributed by atoms with Crippen molar-refractivity contribution in [3.63, 3.8) is 0 Å². The summed E-state index contributed by atoms with van der Waals surface area (Å²) in [4.78, 5) is 40.5. The number of carbonyl (C=O) groups excluding carboxylic acids is 3. The van der Waals surface area contributed by atoms with Crippen molar-refractivity contribution in [1.82, 2.24) is 15.1 Å². The van der Waals surface area contributed by atoms with Gasteiger partial charge in [0.2, 0.25) is 17.7 Å². The number of carbonyl (C=O) groups is 3. The van der Waals surface area contributed by atoms with Crippen LogP contribution in [0.15, 0.2) is 48.5 Å². The van der Waals surface area contributed by atoms with E-state index in [1.807, 2.05) is 36.4 Å². The third-order valence-electron chi connectivity index (χ3n) is 7.61. The van der Waals surface area contributed by atoms with Crippen molar-refractivity contribution in [2.75, 3.05) is 39.8 Å². The molecule has 1 saturated carbocycles. The Hall–Kier alpha value is -3.53. The van der Waals surface area contributed by atoms with Gasteiger partial charge in [-0.15, -0.1) is 0 Å². The van der Waals surface area contributed by atoms with Crippen LogP contribution in [0.25, 0.3) is 0 Å². The molecule has 10 heteroatoms. The van der Waals surface area contributed by atoms with E-state index in [9.17, 15) is 23.2 Å². The number of hydrogen-bond donors (Lipinski definition) is 1. The minimum atomic E-state index is -2.61. The van der Waals surface area contributed by atoms with Gasteiger partial charge < -0.3 is 19.7 Å². The summed E-state index contributed by atoms with van der Waals surface area (Å²) >= 11 is 0. The highest BCUT2D eigenvalue weighted by atomic mass is 19.3. The molecule has 2 aromatic carbocycles. The van der Waals surface area contributed by atoms with Gasteiger partial charge in [-0.3, -0.25) is 14.5 Å². The quantitative estimate of drug-likeness (QED) is 0.444. The van der Waals surface area contributed by atoms with Gasteiger partial charge >= 0.3 is 5.97 Å². The Morgan fingerprint density at radius 2 is 1.65 bits per heavy atom. The Morgan fingerprint density at radius 3 is 2.33 bits per heavy atom. The number of rotatable bonds is 10. The average Bonchev–Trinajstić information content (AvgIpc) is 2.97. The van der Waals surface area contributed by atoms with Crippen molar-refractivity contribution in [3.8, 4) is 5.75 Å². The molecule has 1 heterocycles. The number of amides is 2. The van der Waals surface area contributed by atoms with Crippen LogP contribution in [0.3, 0.4) is 0 Å². The van der Waals surface area contributed by atoms with Crippen molar-refractivity contribution >= 4 is 17.8 Å². The number of ether oxygens (including phenoxy) is 2. The van der Waals surface area contributed by atoms with Gasteiger partial charge in [-0.2, -0.15) is 0 Å². The fourth-order valence-electron chi connectivity index (χ4n) is 5.11. The van der Waals surface area contributed by atoms with Crippen molar-refractivity contribution < 1.29 is 32.6 Å². The van der Waals surface area contributed by atoms with Crippen molar-refractivity contribution in [1.29, 1.82) is 0 Å². The first-order valence-electron chi connectivity index (χ1n) is 13.7. The molecule has 40 heavy (non-hydrogen) atoms. The second-order valence-electron chi connectivity index (χ2n) is 10.5. The molecule has 2 fully saturated rings. The highest BCUT2D eigenvalue weighted by Crippen LogP contribution is 2.37. The molecule has 0 bridgehead atoms. The Morgan fingerprint density at radius 1 is 0.975 bits per heavy atom. The second-order valence-corrected chi connectivity index (χ2v) is 10.5. The third kappa shape index (κ3) is 8.48. The zero-order valence-electron chi connectivity index (χ0n) is 22.9. The molecule has 1 aliphatic heterocycles. The molecule has 0 atom stereocenters. The third-order valence-corrected chi connectivity index (χ3v) is 7.61. The standard InChI is InChI=1S/C30H37F2N3O5/c1-39-29(38)24-8-6-23(7-9-24)21-40-26-5-3-2-4-25(26)20-34-14-16-35(17-15-34)28(37)19-33-27(36)18-22-10-12-30(31,32)13-11-22/h2-9,22H,10-21H2,1H3,(H,33,36). The number of esters is 1. The summed E-state index contributed by atoms with van der Waals surface area (Å²) in [6.07, 6.45) is 0.536. The maximum absolute atomic E-state index is 13.3. The van der Waals surface area contributed by atoms with Gasteiger partial charge in [0.25, 0.3) is 0 Å². The predicted octanol–water partition coefficient (Wildman–Crippen LogP) is 4.03. The second kappa shape index (κ2) is 13.7. The molecule has 8 nitrogen and oxygen atoms in total. The number of benzene rings is 2. The minimum absolute atomic E-state index is 0.0442. The summed E-state index contributed by atoms with van der Waals surface area (Å²) in [5.74, 6) is -2.64. The van der Waals surface area contributed by atoms with Crippen LogP contribution >= 0.6 is 0 Å². The Balaban J connectivity index is 1.18. The molecular formula is C30H37F2N3O5. The number of nitrogens with one attached hydrogen (secondary N) is 1. The topological polar surface area (TPSA) is 88.2 Å². The van der Waals surface area contributed by atoms with E-state index >= 15 is 0 Å². The monoisotopic (exact) mass is 557 g/mol. The summed E-state index contributed by atoms with van der Waals surface area (Å²) in [5.41, 5.74) is 2.46. The lowest BCUT2D eigenvalue weighted by molar-refractivity contribution is -0.134. The van der Waals surface area contributed by atoms with Gasteiger partial charge in [0.05, 0.1) is 19.2 Å². The minimum Gasteiger partial charge on any atom is -0.489 e. The van der Waals surface area contributed by atoms with E-state index in [4.69, 9.17) is 9.47 Å². The van der Waals surface area contributed by atoms with Crippen LogP contribution in [0, 0.1) is 5.92 Å². The largest absolute Gasteiger partial charge is 0.489 e. The van der Waals surface area contributed by atoms with Crippen LogP contribution in [-0.2, 0) is 27.5 Å². The molecule has 2 amide bonds. The zero-order chi connectivity index (χ0) is 28.5. The molecule has 1 saturated heterocycles. The number of nitrogens with zero attached hydrogens (tertiary/aromatic N) is 2. The van der Waals surface area contributed by atoms with Gasteiger partial charge in [-0.05, 0) is 42.5 Å². The summed E-state index contributed by atoms with van der Waals surface area (Å²) < 4.78 is 37.4. The van der Waals surface area contributed by atoms with Crippen LogP contribution in [0.4, 0.5) is 8.78 Å². The van der Waals surface area contributed by atoms with Crippen LogP contribution < -0.4 is 10.1 Å². The molecule has 1 N–H and O–H groups in total. The van der Waals surface area contributed by atoms with Crippen molar-refractivity contribution in [2.45, 2.75) is 51.2 Å². The fraction of sp³-hybridized carbons (Fsp3) is 0.500. The number of halogens is 2. The van der Waals surface area contributed by atoms with Crippen LogP contribution in [-0.4, -0.2) is 73.3 Å². The molecular weight excluding hydrogens is 520 g/mol. The predicted molar refractivity (Wildman–Crippen MR) is 145 cm³/mol. The lowest BCUT2D eigenvalue weighted by atomic mass is 9.84. The zero-order valence-corrected chi connectivity index (χ0v) is 22.9. The van der Waals surface area contributed by atoms with Crippen LogP contribution in [0.2, 0.25) is 0 Å². The van der Waals surface area contributed by atoms with E-state index in [2.05, 4.69) is 10.2 Å². The first-order chi connectivity index (χ1) is 19.2. The van der Waals surface area contributed by atoms with E-state index in [-0.39, 0.29) is 49.5 Å². The summed E-state index contributed by atoms with van der Waals surface area (Å²) in [5, 5.41) is 2.67. The average molecular weight is 558 g/mol. The van der Waals surface area contributed by atoms with Crippen LogP contribution in [0.1, 0.15) is 53.6 Å². The van der Waals surface area contributed by atoms with E-state index < -0.39 is 5.92 Å². The fourth-order valence-corrected chi connectivity index (χ4v) is 5.11. The van der Waals surface area contributed by atoms with Gasteiger partial charge in [0.1, 0.15) is 12.4 Å². The Bertz CT molecular complexity index is 1160. The summed E-state index contributed by atoms with van der Waals surface area (Å²) in [6, 6.07) is 14.9. The highest BCUT2D eigenvalue weighted by Gasteiger charge is 2.35. The van der Waals surface area contributed by atoms with Gasteiger partial charge in [-0.1, -0.05) is 30.3 Å². The van der Waals surface area contributed by atoms with Crippen molar-refractivity contribution in [3.05, 3.63) is 65.2 Å². The molecule has 0 aromatic heterocycles. The molecule has 2 aromatic rings. The van der Waals surface area contributed by atoms with E-state index in [0.29, 0.717) is 57.7 Å². The smallest absolute Gasteiger partial charge is 0.337 e. The number of methoxy groups -OCH3 is 1. The first-order valence-corrected chi connectivity index (χ1v) is 13.7. The van der Waals surface area contributed by atoms with E-state index in [1.165, 1.54) is 7.11 Å². The molecule has 0 radical (unpaired) electrons. The molecule has 216 valence electrons. The SMILES string of the molecule is COC(=O)c1ccc(COc2ccccc2CN2CCN(C(=O)CNC(=O)CC3CCC(F)(F)CC3)CC2)cc1. The summed E-state index contributed by atoms with van der Waals surface area (Å²) in [6.45, 7) is 3.47. The lowest BCUT2D eigenvalue weighted by Crippen LogP contribution is -2.51. The van der Waals surface area contributed by atoms with Gasteiger partial charge in [-0.25, -0.2) is 13.6 Å². The Labute approximate surface area is 233 Å². The number of alkyl halides is 2. The van der Waals surface area contributed by atoms with Crippen LogP contribution in [0.5, 0.6) is 5.75 Å². The maximum Gasteiger partial charge on any atom is 0.337 e. The molecule has 1 aliphatic carbocycles. The lowest BCUT2D eigenvalue weighted by Gasteiger charge is -2.35. The van der Waals surface area contributed by atoms with Crippen molar-refractivity contribution in [2.24, 2.45) is 5.92 Å². The molecule has 0 spiro atoms. The maximum atomic E-state index is 13.3. The number of piperazine rings is 1. The summed E-state index contributed by atoms with van der Waals surface area (Å²) in [7, 11) is 1.35. The molecule has 4 rings (SSSR count). The normalized spacial score (nSPS) is 17.7. The van der Waals surface area contributed by atoms with E-state index in [0.717, 1.165) is 16.9 Å². The first kappa shape index (κ1) is 29.5. The molecule has 0 unspecified atom stereocenters. The number of para-hydroxylation sites is 1.